The fourth-order valence-corrected chi connectivity index (χ4v) is 2.85. The molecule has 0 aliphatic carbocycles. The van der Waals surface area contributed by atoms with E-state index >= 15 is 0 Å². The van der Waals surface area contributed by atoms with E-state index in [-0.39, 0.29) is 45.9 Å². The number of carbonyl (C=O) groups is 3. The molecule has 0 heterocycles. The Balaban J connectivity index is 4.24. The van der Waals surface area contributed by atoms with Crippen molar-refractivity contribution in [2.75, 3.05) is 59.5 Å². The zero-order valence-corrected chi connectivity index (χ0v) is 18.2. The summed E-state index contributed by atoms with van der Waals surface area (Å²) in [5.41, 5.74) is 0. The minimum absolute atomic E-state index is 0.0187. The molecule has 10 nitrogen and oxygen atoms in total. The molecule has 0 amide bonds. The molecule has 0 aromatic rings. The van der Waals surface area contributed by atoms with Crippen molar-refractivity contribution in [3.05, 3.63) is 0 Å². The first-order chi connectivity index (χ1) is 14.0. The number of hydrogen-bond donors (Lipinski definition) is 0. The maximum atomic E-state index is 12.6. The Hall–Kier alpha value is -1.00. The highest BCUT2D eigenvalue weighted by atomic mass is 31.2. The number of phosphoric acid groups is 1. The highest BCUT2D eigenvalue weighted by molar-refractivity contribution is 7.48. The molecule has 0 fully saturated rings. The summed E-state index contributed by atoms with van der Waals surface area (Å²) in [6, 6.07) is 0. The minimum Gasteiger partial charge on any atom is -0.379 e. The standard InChI is InChI=1S/C18H33O10P/c1-3-5-7-23-9-12-26-29(22,27-13-10-24-8-6-4-2)28-14-11-25-16-18(21)17(20)15-19/h15H,3-14,16H2,1-2H3. The Kier molecular flexibility index (Phi) is 18.3. The maximum absolute atomic E-state index is 12.6. The minimum atomic E-state index is -3.87. The van der Waals surface area contributed by atoms with Gasteiger partial charge in [-0.2, -0.15) is 0 Å². The highest BCUT2D eigenvalue weighted by Gasteiger charge is 2.26. The third-order valence-corrected chi connectivity index (χ3v) is 4.83. The number of ether oxygens (including phenoxy) is 3. The van der Waals surface area contributed by atoms with Crippen LogP contribution in [0.5, 0.6) is 0 Å². The number of phosphoric ester groups is 1. The molecule has 0 radical (unpaired) electrons. The maximum Gasteiger partial charge on any atom is 0.475 e. The lowest BCUT2D eigenvalue weighted by molar-refractivity contribution is -0.142. The van der Waals surface area contributed by atoms with E-state index in [1.54, 1.807) is 0 Å². The van der Waals surface area contributed by atoms with Crippen LogP contribution >= 0.6 is 7.82 Å². The molecule has 0 saturated carbocycles. The molecule has 29 heavy (non-hydrogen) atoms. The average molecular weight is 440 g/mol. The second-order valence-corrected chi connectivity index (χ2v) is 7.51. The molecule has 170 valence electrons. The lowest BCUT2D eigenvalue weighted by atomic mass is 10.3. The number of ketones is 2. The van der Waals surface area contributed by atoms with Crippen LogP contribution in [0.1, 0.15) is 39.5 Å². The fourth-order valence-electron chi connectivity index (χ4n) is 1.73. The normalized spacial score (nSPS) is 11.5. The van der Waals surface area contributed by atoms with E-state index in [9.17, 15) is 18.9 Å². The quantitative estimate of drug-likeness (QED) is 0.0813. The average Bonchev–Trinajstić information content (AvgIpc) is 2.72. The van der Waals surface area contributed by atoms with Gasteiger partial charge in [-0.25, -0.2) is 4.57 Å². The van der Waals surface area contributed by atoms with Gasteiger partial charge in [0.1, 0.15) is 6.61 Å². The van der Waals surface area contributed by atoms with Gasteiger partial charge >= 0.3 is 7.82 Å². The predicted molar refractivity (Wildman–Crippen MR) is 104 cm³/mol. The van der Waals surface area contributed by atoms with Crippen LogP contribution in [0.2, 0.25) is 0 Å². The summed E-state index contributed by atoms with van der Waals surface area (Å²) in [4.78, 5) is 32.2. The van der Waals surface area contributed by atoms with Gasteiger partial charge in [0.15, 0.2) is 6.29 Å². The lowest BCUT2D eigenvalue weighted by Crippen LogP contribution is -2.21. The first kappa shape index (κ1) is 28.0. The Labute approximate surface area is 172 Å². The third kappa shape index (κ3) is 16.5. The molecule has 0 aromatic carbocycles. The molecule has 0 aliphatic rings. The van der Waals surface area contributed by atoms with Crippen LogP contribution in [0.15, 0.2) is 0 Å². The number of rotatable bonds is 22. The zero-order chi connectivity index (χ0) is 21.8. The van der Waals surface area contributed by atoms with Crippen LogP contribution in [0, 0.1) is 0 Å². The van der Waals surface area contributed by atoms with Crippen LogP contribution < -0.4 is 0 Å². The van der Waals surface area contributed by atoms with E-state index in [0.717, 1.165) is 25.7 Å². The van der Waals surface area contributed by atoms with Crippen molar-refractivity contribution < 1.29 is 46.7 Å². The highest BCUT2D eigenvalue weighted by Crippen LogP contribution is 2.49. The lowest BCUT2D eigenvalue weighted by Gasteiger charge is -2.18. The molecule has 0 saturated heterocycles. The van der Waals surface area contributed by atoms with Crippen molar-refractivity contribution in [2.24, 2.45) is 0 Å². The molecule has 0 atom stereocenters. The Morgan fingerprint density at radius 1 is 0.724 bits per heavy atom. The van der Waals surface area contributed by atoms with Crippen molar-refractivity contribution in [3.8, 4) is 0 Å². The summed E-state index contributed by atoms with van der Waals surface area (Å²) in [7, 11) is -3.87. The molecule has 0 aliphatic heterocycles. The van der Waals surface area contributed by atoms with E-state index < -0.39 is 26.0 Å². The number of carbonyl (C=O) groups excluding carboxylic acids is 3. The van der Waals surface area contributed by atoms with Crippen molar-refractivity contribution in [2.45, 2.75) is 39.5 Å². The van der Waals surface area contributed by atoms with Crippen LogP contribution in [0.4, 0.5) is 0 Å². The van der Waals surface area contributed by atoms with Gasteiger partial charge < -0.3 is 14.2 Å². The van der Waals surface area contributed by atoms with Crippen molar-refractivity contribution in [3.63, 3.8) is 0 Å². The molecule has 0 bridgehead atoms. The topological polar surface area (TPSA) is 124 Å². The summed E-state index contributed by atoms with van der Waals surface area (Å²) in [5.74, 6) is -2.14. The van der Waals surface area contributed by atoms with Gasteiger partial charge in [0.25, 0.3) is 5.78 Å². The van der Waals surface area contributed by atoms with E-state index in [0.29, 0.717) is 13.2 Å². The molecule has 0 N–H and O–H groups in total. The van der Waals surface area contributed by atoms with E-state index in [4.69, 9.17) is 27.8 Å². The summed E-state index contributed by atoms with van der Waals surface area (Å²) < 4.78 is 43.9. The third-order valence-electron chi connectivity index (χ3n) is 3.33. The fraction of sp³-hybridized carbons (Fsp3) is 0.833. The van der Waals surface area contributed by atoms with Gasteiger partial charge in [-0.05, 0) is 12.8 Å². The van der Waals surface area contributed by atoms with Crippen molar-refractivity contribution >= 4 is 25.7 Å². The van der Waals surface area contributed by atoms with Crippen LogP contribution in [-0.4, -0.2) is 77.3 Å². The molecular weight excluding hydrogens is 407 g/mol. The largest absolute Gasteiger partial charge is 0.475 e. The second kappa shape index (κ2) is 19.0. The van der Waals surface area contributed by atoms with Gasteiger partial charge in [-0.3, -0.25) is 28.0 Å². The smallest absolute Gasteiger partial charge is 0.379 e. The predicted octanol–water partition coefficient (Wildman–Crippen LogP) is 2.13. The molecule has 0 rings (SSSR count). The number of unbranched alkanes of at least 4 members (excludes halogenated alkanes) is 2. The molecule has 0 aromatic heterocycles. The Morgan fingerprint density at radius 3 is 1.59 bits per heavy atom. The van der Waals surface area contributed by atoms with Gasteiger partial charge in [-0.1, -0.05) is 26.7 Å². The molecule has 11 heteroatoms. The van der Waals surface area contributed by atoms with Crippen LogP contribution in [-0.2, 0) is 46.7 Å². The number of Topliss-reactive ketones (excluding diaryl/α,β-unsaturated/α-hetero) is 2. The Morgan fingerprint density at radius 2 is 1.17 bits per heavy atom. The number of aldehydes is 1. The summed E-state index contributed by atoms with van der Waals surface area (Å²) in [6.07, 6.45) is 3.77. The van der Waals surface area contributed by atoms with Gasteiger partial charge in [0.2, 0.25) is 5.78 Å². The second-order valence-electron chi connectivity index (χ2n) is 5.84. The summed E-state index contributed by atoms with van der Waals surface area (Å²) in [6.45, 7) is 4.86. The molecular formula is C18H33O10P. The van der Waals surface area contributed by atoms with Crippen molar-refractivity contribution in [1.82, 2.24) is 0 Å². The summed E-state index contributed by atoms with van der Waals surface area (Å²) in [5, 5.41) is 0. The SMILES string of the molecule is CCCCOCCOP(=O)(OCCOCCCC)OCCOCC(=O)C(=O)C=O. The first-order valence-electron chi connectivity index (χ1n) is 9.78. The molecule has 0 unspecified atom stereocenters. The van der Waals surface area contributed by atoms with E-state index in [1.165, 1.54) is 0 Å². The van der Waals surface area contributed by atoms with Gasteiger partial charge in [0, 0.05) is 13.2 Å². The first-order valence-corrected chi connectivity index (χ1v) is 11.2. The van der Waals surface area contributed by atoms with Gasteiger partial charge in [-0.15, -0.1) is 0 Å². The van der Waals surface area contributed by atoms with Crippen LogP contribution in [0.25, 0.3) is 0 Å². The Bertz CT molecular complexity index is 477. The van der Waals surface area contributed by atoms with Crippen molar-refractivity contribution in [1.29, 1.82) is 0 Å². The zero-order valence-electron chi connectivity index (χ0n) is 17.3. The van der Waals surface area contributed by atoms with Crippen LogP contribution in [0.3, 0.4) is 0 Å². The summed E-state index contributed by atoms with van der Waals surface area (Å²) >= 11 is 0. The van der Waals surface area contributed by atoms with E-state index in [2.05, 4.69) is 0 Å². The van der Waals surface area contributed by atoms with E-state index in [1.807, 2.05) is 13.8 Å². The van der Waals surface area contributed by atoms with Gasteiger partial charge in [0.05, 0.1) is 39.6 Å². The number of hydrogen-bond acceptors (Lipinski definition) is 10. The monoisotopic (exact) mass is 440 g/mol. The molecule has 0 spiro atoms.